The highest BCUT2D eigenvalue weighted by atomic mass is 32.1. The maximum Gasteiger partial charge on any atom is 0.273 e. The molecule has 1 atom stereocenters. The molecule has 29 heavy (non-hydrogen) atoms. The number of ketones is 1. The van der Waals surface area contributed by atoms with Crippen molar-refractivity contribution in [2.24, 2.45) is 5.92 Å². The van der Waals surface area contributed by atoms with E-state index in [-0.39, 0.29) is 24.4 Å². The Labute approximate surface area is 175 Å². The first-order valence-electron chi connectivity index (χ1n) is 9.41. The third-order valence-electron chi connectivity index (χ3n) is 5.19. The molecule has 2 aromatic heterocycles. The second-order valence-electron chi connectivity index (χ2n) is 7.04. The van der Waals surface area contributed by atoms with Gasteiger partial charge in [0.1, 0.15) is 10.7 Å². The molecule has 0 spiro atoms. The van der Waals surface area contributed by atoms with Gasteiger partial charge in [-0.3, -0.25) is 9.59 Å². The normalized spacial score (nSPS) is 18.1. The van der Waals surface area contributed by atoms with E-state index in [0.717, 1.165) is 22.7 Å². The van der Waals surface area contributed by atoms with Crippen LogP contribution in [0.5, 0.6) is 11.5 Å². The highest BCUT2D eigenvalue weighted by Crippen LogP contribution is 2.34. The van der Waals surface area contributed by atoms with Gasteiger partial charge in [0.25, 0.3) is 5.91 Å². The Balaban J connectivity index is 1.30. The monoisotopic (exact) mass is 426 g/mol. The summed E-state index contributed by atoms with van der Waals surface area (Å²) in [5.41, 5.74) is 1.05. The Morgan fingerprint density at radius 3 is 2.90 bits per heavy atom. The van der Waals surface area contributed by atoms with Gasteiger partial charge in [-0.15, -0.1) is 22.7 Å². The summed E-state index contributed by atoms with van der Waals surface area (Å²) >= 11 is 3.08. The number of hydrogen-bond donors (Lipinski definition) is 0. The molecular weight excluding hydrogens is 408 g/mol. The summed E-state index contributed by atoms with van der Waals surface area (Å²) in [5, 5.41) is 4.66. The number of piperidine rings is 1. The number of likely N-dealkylation sites (tertiary alicyclic amines) is 1. The lowest BCUT2D eigenvalue weighted by Crippen LogP contribution is -2.42. The summed E-state index contributed by atoms with van der Waals surface area (Å²) in [6.45, 7) is 1.24. The molecule has 8 heteroatoms. The van der Waals surface area contributed by atoms with E-state index in [4.69, 9.17) is 9.47 Å². The van der Waals surface area contributed by atoms with Gasteiger partial charge >= 0.3 is 0 Å². The van der Waals surface area contributed by atoms with Crippen molar-refractivity contribution in [3.05, 3.63) is 52.3 Å². The number of Topliss-reactive ketones (excluding diaryl/α,β-unsaturated/α-hetero) is 1. The minimum atomic E-state index is -0.219. The molecule has 4 heterocycles. The average molecular weight is 427 g/mol. The van der Waals surface area contributed by atoms with Gasteiger partial charge in [0.15, 0.2) is 17.3 Å². The van der Waals surface area contributed by atoms with E-state index in [0.29, 0.717) is 35.8 Å². The number of nitrogens with zero attached hydrogens (tertiary/aromatic N) is 2. The molecule has 0 N–H and O–H groups in total. The molecule has 1 saturated heterocycles. The van der Waals surface area contributed by atoms with Gasteiger partial charge in [-0.25, -0.2) is 4.98 Å². The van der Waals surface area contributed by atoms with Crippen molar-refractivity contribution < 1.29 is 19.1 Å². The molecule has 1 aromatic carbocycles. The van der Waals surface area contributed by atoms with Crippen LogP contribution in [0.4, 0.5) is 0 Å². The van der Waals surface area contributed by atoms with Gasteiger partial charge in [0, 0.05) is 30.0 Å². The van der Waals surface area contributed by atoms with E-state index in [9.17, 15) is 9.59 Å². The van der Waals surface area contributed by atoms with Gasteiger partial charge in [-0.05, 0) is 42.5 Å². The van der Waals surface area contributed by atoms with Crippen LogP contribution in [0.2, 0.25) is 0 Å². The van der Waals surface area contributed by atoms with Crippen molar-refractivity contribution in [2.75, 3.05) is 19.9 Å². The second-order valence-corrected chi connectivity index (χ2v) is 8.84. The second kappa shape index (κ2) is 7.61. The topological polar surface area (TPSA) is 68.7 Å². The highest BCUT2D eigenvalue weighted by Gasteiger charge is 2.31. The van der Waals surface area contributed by atoms with E-state index in [2.05, 4.69) is 4.98 Å². The van der Waals surface area contributed by atoms with Crippen molar-refractivity contribution >= 4 is 34.4 Å². The predicted octanol–water partition coefficient (Wildman–Crippen LogP) is 4.34. The molecule has 1 fully saturated rings. The maximum atomic E-state index is 13.0. The molecule has 1 unspecified atom stereocenters. The number of thiophene rings is 1. The van der Waals surface area contributed by atoms with Gasteiger partial charge in [-0.2, -0.15) is 0 Å². The number of aromatic nitrogens is 1. The predicted molar refractivity (Wildman–Crippen MR) is 111 cm³/mol. The molecule has 2 aliphatic rings. The zero-order chi connectivity index (χ0) is 19.8. The number of amides is 1. The summed E-state index contributed by atoms with van der Waals surface area (Å²) in [6, 6.07) is 9.24. The molecule has 1 amide bonds. The van der Waals surface area contributed by atoms with Crippen LogP contribution < -0.4 is 9.47 Å². The third-order valence-corrected chi connectivity index (χ3v) is 7.07. The average Bonchev–Trinajstić information content (AvgIpc) is 3.53. The molecule has 6 nitrogen and oxygen atoms in total. The Hall–Kier alpha value is -2.71. The molecule has 3 aromatic rings. The lowest BCUT2D eigenvalue weighted by molar-refractivity contribution is 0.0632. The minimum absolute atomic E-state index is 0.0401. The van der Waals surface area contributed by atoms with Crippen LogP contribution in [0.25, 0.3) is 9.88 Å². The summed E-state index contributed by atoms with van der Waals surface area (Å²) in [5.74, 6) is 0.976. The maximum absolute atomic E-state index is 13.0. The molecule has 2 aliphatic heterocycles. The van der Waals surface area contributed by atoms with Gasteiger partial charge in [0.05, 0.1) is 4.88 Å². The lowest BCUT2D eigenvalue weighted by Gasteiger charge is -2.31. The van der Waals surface area contributed by atoms with Crippen LogP contribution in [0, 0.1) is 5.92 Å². The van der Waals surface area contributed by atoms with Crippen LogP contribution in [0.3, 0.4) is 0 Å². The van der Waals surface area contributed by atoms with Crippen molar-refractivity contribution in [3.8, 4) is 21.4 Å². The van der Waals surface area contributed by atoms with E-state index in [1.54, 1.807) is 39.8 Å². The van der Waals surface area contributed by atoms with E-state index >= 15 is 0 Å². The number of ether oxygens (including phenoxy) is 2. The van der Waals surface area contributed by atoms with Crippen molar-refractivity contribution in [2.45, 2.75) is 12.8 Å². The minimum Gasteiger partial charge on any atom is -0.454 e. The zero-order valence-electron chi connectivity index (χ0n) is 15.5. The van der Waals surface area contributed by atoms with Gasteiger partial charge in [0.2, 0.25) is 6.79 Å². The van der Waals surface area contributed by atoms with E-state index < -0.39 is 0 Å². The number of carbonyl (C=O) groups excluding carboxylic acids is 2. The number of rotatable bonds is 4. The Morgan fingerprint density at radius 1 is 1.14 bits per heavy atom. The van der Waals surface area contributed by atoms with Crippen molar-refractivity contribution in [3.63, 3.8) is 0 Å². The van der Waals surface area contributed by atoms with E-state index in [1.807, 2.05) is 17.5 Å². The Bertz CT molecular complexity index is 1060. The van der Waals surface area contributed by atoms with Crippen molar-refractivity contribution in [1.29, 1.82) is 0 Å². The van der Waals surface area contributed by atoms with Crippen LogP contribution in [0.1, 0.15) is 33.7 Å². The largest absolute Gasteiger partial charge is 0.454 e. The summed E-state index contributed by atoms with van der Waals surface area (Å²) in [7, 11) is 0. The Morgan fingerprint density at radius 2 is 2.03 bits per heavy atom. The van der Waals surface area contributed by atoms with Crippen LogP contribution in [-0.4, -0.2) is 41.5 Å². The fraction of sp³-hybridized carbons (Fsp3) is 0.286. The summed E-state index contributed by atoms with van der Waals surface area (Å²) in [6.07, 6.45) is 1.57. The summed E-state index contributed by atoms with van der Waals surface area (Å²) in [4.78, 5) is 33.3. The number of benzene rings is 1. The van der Waals surface area contributed by atoms with Crippen LogP contribution >= 0.6 is 22.7 Å². The molecule has 0 saturated carbocycles. The Kier molecular flexibility index (Phi) is 4.81. The fourth-order valence-corrected chi connectivity index (χ4v) is 5.32. The van der Waals surface area contributed by atoms with Gasteiger partial charge < -0.3 is 14.4 Å². The molecule has 5 rings (SSSR count). The zero-order valence-corrected chi connectivity index (χ0v) is 17.1. The van der Waals surface area contributed by atoms with Crippen LogP contribution in [0.15, 0.2) is 41.1 Å². The molecule has 0 radical (unpaired) electrons. The standard InChI is InChI=1S/C21H18N2O4S2/c24-19(13-5-6-16-17(9-13)27-12-26-16)14-3-1-7-23(10-14)21(25)15-11-29-20(22-15)18-4-2-8-28-18/h2,4-6,8-9,11,14H,1,3,7,10,12H2. The smallest absolute Gasteiger partial charge is 0.273 e. The number of hydrogen-bond acceptors (Lipinski definition) is 7. The highest BCUT2D eigenvalue weighted by molar-refractivity contribution is 7.20. The third kappa shape index (κ3) is 3.54. The molecule has 148 valence electrons. The number of carbonyl (C=O) groups is 2. The van der Waals surface area contributed by atoms with Crippen molar-refractivity contribution in [1.82, 2.24) is 9.88 Å². The number of thiazole rings is 1. The molecule has 0 bridgehead atoms. The quantitative estimate of drug-likeness (QED) is 0.581. The first-order chi connectivity index (χ1) is 14.2. The van der Waals surface area contributed by atoms with E-state index in [1.165, 1.54) is 11.3 Å². The van der Waals surface area contributed by atoms with Gasteiger partial charge in [-0.1, -0.05) is 6.07 Å². The number of fused-ring (bicyclic) bond motifs is 1. The summed E-state index contributed by atoms with van der Waals surface area (Å²) < 4.78 is 10.7. The van der Waals surface area contributed by atoms with Crippen LogP contribution in [-0.2, 0) is 0 Å². The molecular formula is C21H18N2O4S2. The SMILES string of the molecule is O=C(c1ccc2c(c1)OCO2)C1CCCN(C(=O)c2csc(-c3cccs3)n2)C1. The molecule has 0 aliphatic carbocycles. The lowest BCUT2D eigenvalue weighted by atomic mass is 9.89. The first-order valence-corrected chi connectivity index (χ1v) is 11.2. The first kappa shape index (κ1) is 18.3. The fourth-order valence-electron chi connectivity index (χ4n) is 3.71.